The maximum atomic E-state index is 12.5. The van der Waals surface area contributed by atoms with Gasteiger partial charge in [-0.25, -0.2) is 4.79 Å². The van der Waals surface area contributed by atoms with E-state index in [1.54, 1.807) is 41.3 Å². The summed E-state index contributed by atoms with van der Waals surface area (Å²) in [6.45, 7) is 2.83. The monoisotopic (exact) mass is 482 g/mol. The van der Waals surface area contributed by atoms with Gasteiger partial charge < -0.3 is 20.1 Å². The van der Waals surface area contributed by atoms with Crippen LogP contribution in [0.5, 0.6) is 0 Å². The molecule has 2 heterocycles. The average molecular weight is 483 g/mol. The molecule has 0 radical (unpaired) electrons. The number of urea groups is 1. The van der Waals surface area contributed by atoms with Crippen LogP contribution in [-0.4, -0.2) is 47.3 Å². The summed E-state index contributed by atoms with van der Waals surface area (Å²) in [5.41, 5.74) is 2.04. The molecule has 0 atom stereocenters. The van der Waals surface area contributed by atoms with Crippen molar-refractivity contribution >= 4 is 34.9 Å². The Labute approximate surface area is 200 Å². The van der Waals surface area contributed by atoms with Crippen molar-refractivity contribution in [3.8, 4) is 17.5 Å². The number of hydrogen-bond donors (Lipinski definition) is 2. The van der Waals surface area contributed by atoms with Crippen molar-refractivity contribution in [3.63, 3.8) is 0 Å². The van der Waals surface area contributed by atoms with Gasteiger partial charge in [-0.2, -0.15) is 10.2 Å². The van der Waals surface area contributed by atoms with Crippen LogP contribution in [0, 0.1) is 11.3 Å². The quantitative estimate of drug-likeness (QED) is 0.569. The molecule has 10 heteroatoms. The van der Waals surface area contributed by atoms with Crippen molar-refractivity contribution < 1.29 is 9.32 Å². The average Bonchev–Trinajstić information content (AvgIpc) is 3.45. The first-order valence-electron chi connectivity index (χ1n) is 10.6. The third kappa shape index (κ3) is 4.15. The molecule has 1 saturated heterocycles. The first kappa shape index (κ1) is 21.7. The predicted molar refractivity (Wildman–Crippen MR) is 124 cm³/mol. The van der Waals surface area contributed by atoms with E-state index < -0.39 is 5.41 Å². The topological polar surface area (TPSA) is 107 Å². The molecule has 2 amide bonds. The van der Waals surface area contributed by atoms with Gasteiger partial charge in [0.2, 0.25) is 0 Å². The summed E-state index contributed by atoms with van der Waals surface area (Å²) in [5.74, 6) is 0.885. The van der Waals surface area contributed by atoms with Gasteiger partial charge in [0, 0.05) is 53.0 Å². The van der Waals surface area contributed by atoms with Crippen molar-refractivity contribution in [1.82, 2.24) is 20.4 Å². The SMILES string of the molecule is N#Cc1ccc(-c2nc(C3(c4c(Cl)cc(NC(=O)N5CCNCC5)cc4Cl)CC3)no2)cc1. The van der Waals surface area contributed by atoms with Gasteiger partial charge in [-0.15, -0.1) is 0 Å². The zero-order valence-corrected chi connectivity index (χ0v) is 19.1. The van der Waals surface area contributed by atoms with Crippen LogP contribution in [0.25, 0.3) is 11.5 Å². The number of anilines is 1. The lowest BCUT2D eigenvalue weighted by atomic mass is 9.94. The van der Waals surface area contributed by atoms with Crippen molar-refractivity contribution in [1.29, 1.82) is 5.26 Å². The standard InChI is InChI=1S/C23H20Cl2N6O2/c24-17-11-16(28-22(32)31-9-7-27-8-10-31)12-18(25)19(17)23(5-6-23)21-29-20(33-30-21)15-3-1-14(13-26)2-4-15/h1-4,11-12,27H,5-10H2,(H,28,32). The molecular formula is C23H20Cl2N6O2. The van der Waals surface area contributed by atoms with E-state index in [4.69, 9.17) is 33.0 Å². The minimum absolute atomic E-state index is 0.178. The molecule has 0 unspecified atom stereocenters. The van der Waals surface area contributed by atoms with E-state index in [2.05, 4.69) is 26.8 Å². The maximum Gasteiger partial charge on any atom is 0.321 e. The number of amides is 2. The minimum atomic E-state index is -0.524. The fraction of sp³-hybridized carbons (Fsp3) is 0.304. The fourth-order valence-corrected chi connectivity index (χ4v) is 4.95. The van der Waals surface area contributed by atoms with Crippen LogP contribution < -0.4 is 10.6 Å². The number of carbonyl (C=O) groups excluding carboxylic acids is 1. The number of halogens is 2. The number of nitrogens with zero attached hydrogens (tertiary/aromatic N) is 4. The summed E-state index contributed by atoms with van der Waals surface area (Å²) in [7, 11) is 0. The van der Waals surface area contributed by atoms with Crippen molar-refractivity contribution in [2.75, 3.05) is 31.5 Å². The molecule has 1 aliphatic carbocycles. The molecule has 0 spiro atoms. The molecular weight excluding hydrogens is 463 g/mol. The van der Waals surface area contributed by atoms with E-state index in [0.717, 1.165) is 37.1 Å². The Morgan fingerprint density at radius 1 is 1.15 bits per heavy atom. The van der Waals surface area contributed by atoms with Crippen LogP contribution in [0.2, 0.25) is 10.0 Å². The van der Waals surface area contributed by atoms with Crippen LogP contribution in [0.1, 0.15) is 29.8 Å². The number of aromatic nitrogens is 2. The zero-order valence-electron chi connectivity index (χ0n) is 17.6. The molecule has 2 fully saturated rings. The second-order valence-electron chi connectivity index (χ2n) is 8.18. The molecule has 168 valence electrons. The summed E-state index contributed by atoms with van der Waals surface area (Å²) in [6.07, 6.45) is 1.57. The highest BCUT2D eigenvalue weighted by Gasteiger charge is 2.52. The second kappa shape index (κ2) is 8.67. The van der Waals surface area contributed by atoms with Crippen LogP contribution >= 0.6 is 23.2 Å². The molecule has 2 aliphatic rings. The molecule has 2 aromatic carbocycles. The highest BCUT2D eigenvalue weighted by molar-refractivity contribution is 6.37. The second-order valence-corrected chi connectivity index (χ2v) is 8.99. The molecule has 3 aromatic rings. The molecule has 8 nitrogen and oxygen atoms in total. The van der Waals surface area contributed by atoms with Gasteiger partial charge in [-0.1, -0.05) is 28.4 Å². The molecule has 0 bridgehead atoms. The highest BCUT2D eigenvalue weighted by Crippen LogP contribution is 2.57. The van der Waals surface area contributed by atoms with Crippen LogP contribution in [-0.2, 0) is 5.41 Å². The Kier molecular flexibility index (Phi) is 5.71. The van der Waals surface area contributed by atoms with Gasteiger partial charge >= 0.3 is 6.03 Å². The van der Waals surface area contributed by atoms with Crippen LogP contribution in [0.3, 0.4) is 0 Å². The van der Waals surface area contributed by atoms with Crippen molar-refractivity contribution in [2.45, 2.75) is 18.3 Å². The van der Waals surface area contributed by atoms with Gasteiger partial charge in [-0.05, 0) is 49.2 Å². The van der Waals surface area contributed by atoms with E-state index in [1.165, 1.54) is 0 Å². The third-order valence-electron chi connectivity index (χ3n) is 6.04. The molecule has 2 N–H and O–H groups in total. The Hall–Kier alpha value is -3.12. The first-order chi connectivity index (χ1) is 16.0. The van der Waals surface area contributed by atoms with E-state index in [1.807, 2.05) is 0 Å². The maximum absolute atomic E-state index is 12.5. The lowest BCUT2D eigenvalue weighted by molar-refractivity contribution is 0.204. The third-order valence-corrected chi connectivity index (χ3v) is 6.64. The zero-order chi connectivity index (χ0) is 23.0. The number of benzene rings is 2. The Balaban J connectivity index is 1.39. The highest BCUT2D eigenvalue weighted by atomic mass is 35.5. The minimum Gasteiger partial charge on any atom is -0.334 e. The van der Waals surface area contributed by atoms with Crippen LogP contribution in [0.4, 0.5) is 10.5 Å². The Morgan fingerprint density at radius 3 is 2.42 bits per heavy atom. The van der Waals surface area contributed by atoms with E-state index in [9.17, 15) is 4.79 Å². The summed E-state index contributed by atoms with van der Waals surface area (Å²) < 4.78 is 5.50. The lowest BCUT2D eigenvalue weighted by Crippen LogP contribution is -2.48. The molecule has 33 heavy (non-hydrogen) atoms. The van der Waals surface area contributed by atoms with Crippen molar-refractivity contribution in [2.24, 2.45) is 0 Å². The predicted octanol–water partition coefficient (Wildman–Crippen LogP) is 4.43. The number of carbonyl (C=O) groups is 1. The summed E-state index contributed by atoms with van der Waals surface area (Å²) in [6, 6.07) is 12.3. The van der Waals surface area contributed by atoms with Gasteiger partial charge in [0.15, 0.2) is 5.82 Å². The summed E-state index contributed by atoms with van der Waals surface area (Å²) in [4.78, 5) is 18.9. The van der Waals surface area contributed by atoms with Crippen LogP contribution in [0.15, 0.2) is 40.9 Å². The summed E-state index contributed by atoms with van der Waals surface area (Å²) >= 11 is 13.3. The molecule has 1 aliphatic heterocycles. The Bertz CT molecular complexity index is 1220. The molecule has 5 rings (SSSR count). The lowest BCUT2D eigenvalue weighted by Gasteiger charge is -2.27. The number of hydrogen-bond acceptors (Lipinski definition) is 6. The fourth-order valence-electron chi connectivity index (χ4n) is 4.11. The van der Waals surface area contributed by atoms with Crippen molar-refractivity contribution in [3.05, 3.63) is 63.4 Å². The number of rotatable bonds is 4. The Morgan fingerprint density at radius 2 is 1.82 bits per heavy atom. The normalized spacial score (nSPS) is 16.8. The van der Waals surface area contributed by atoms with E-state index >= 15 is 0 Å². The number of nitrogens with one attached hydrogen (secondary N) is 2. The largest absolute Gasteiger partial charge is 0.334 e. The van der Waals surface area contributed by atoms with E-state index in [0.29, 0.717) is 46.1 Å². The van der Waals surface area contributed by atoms with Gasteiger partial charge in [-0.3, -0.25) is 0 Å². The van der Waals surface area contributed by atoms with Gasteiger partial charge in [0.1, 0.15) is 0 Å². The number of nitriles is 1. The molecule has 1 saturated carbocycles. The number of piperazine rings is 1. The molecule has 1 aromatic heterocycles. The summed E-state index contributed by atoms with van der Waals surface area (Å²) in [5, 5.41) is 20.2. The van der Waals surface area contributed by atoms with E-state index in [-0.39, 0.29) is 6.03 Å². The smallest absolute Gasteiger partial charge is 0.321 e. The first-order valence-corrected chi connectivity index (χ1v) is 11.4. The van der Waals surface area contributed by atoms with Gasteiger partial charge in [0.05, 0.1) is 17.0 Å². The van der Waals surface area contributed by atoms with Gasteiger partial charge in [0.25, 0.3) is 5.89 Å².